The van der Waals surface area contributed by atoms with E-state index in [1.807, 2.05) is 26.0 Å². The molecule has 0 aliphatic carbocycles. The lowest BCUT2D eigenvalue weighted by molar-refractivity contribution is 0.111. The van der Waals surface area contributed by atoms with Crippen LogP contribution in [0.25, 0.3) is 5.57 Å². The fourth-order valence-corrected chi connectivity index (χ4v) is 2.00. The first-order valence-electron chi connectivity index (χ1n) is 6.55. The number of aryl methyl sites for hydroxylation is 1. The zero-order chi connectivity index (χ0) is 15.4. The van der Waals surface area contributed by atoms with E-state index in [2.05, 4.69) is 11.6 Å². The normalized spacial score (nSPS) is 10.2. The highest BCUT2D eigenvalue weighted by atomic mass is 16.5. The van der Waals surface area contributed by atoms with Gasteiger partial charge in [0.25, 0.3) is 0 Å². The molecule has 4 heteroatoms. The molecule has 0 aliphatic heterocycles. The van der Waals surface area contributed by atoms with Crippen LogP contribution in [-0.2, 0) is 6.61 Å². The van der Waals surface area contributed by atoms with Crippen LogP contribution >= 0.6 is 0 Å². The lowest BCUT2D eigenvalue weighted by Gasteiger charge is -2.12. The second kappa shape index (κ2) is 6.22. The highest BCUT2D eigenvalue weighted by molar-refractivity contribution is 5.83. The van der Waals surface area contributed by atoms with Crippen LogP contribution in [0.1, 0.15) is 34.2 Å². The molecule has 0 aliphatic rings. The first-order chi connectivity index (χ1) is 10.0. The molecule has 0 saturated carbocycles. The van der Waals surface area contributed by atoms with E-state index >= 15 is 0 Å². The minimum atomic E-state index is -0.0929. The minimum Gasteiger partial charge on any atom is -0.507 e. The van der Waals surface area contributed by atoms with Crippen LogP contribution in [-0.4, -0.2) is 16.4 Å². The molecule has 108 valence electrons. The highest BCUT2D eigenvalue weighted by Crippen LogP contribution is 2.27. The Morgan fingerprint density at radius 3 is 2.81 bits per heavy atom. The Morgan fingerprint density at radius 2 is 2.14 bits per heavy atom. The van der Waals surface area contributed by atoms with E-state index in [0.29, 0.717) is 12.0 Å². The van der Waals surface area contributed by atoms with Crippen LogP contribution < -0.4 is 4.74 Å². The number of rotatable bonds is 5. The molecule has 0 unspecified atom stereocenters. The van der Waals surface area contributed by atoms with Gasteiger partial charge in [0.2, 0.25) is 0 Å². The first kappa shape index (κ1) is 14.8. The number of hydrogen-bond acceptors (Lipinski definition) is 4. The Kier molecular flexibility index (Phi) is 4.38. The number of aromatic hydroxyl groups is 1. The number of carbonyl (C=O) groups excluding carboxylic acids is 1. The number of ether oxygens (including phenoxy) is 1. The Balaban J connectivity index is 2.27. The summed E-state index contributed by atoms with van der Waals surface area (Å²) in [7, 11) is 0. The number of aldehydes is 1. The van der Waals surface area contributed by atoms with Crippen molar-refractivity contribution in [2.45, 2.75) is 20.5 Å². The Bertz CT molecular complexity index is 692. The van der Waals surface area contributed by atoms with Crippen molar-refractivity contribution < 1.29 is 14.6 Å². The highest BCUT2D eigenvalue weighted by Gasteiger charge is 2.10. The third-order valence-electron chi connectivity index (χ3n) is 3.07. The van der Waals surface area contributed by atoms with Crippen molar-refractivity contribution in [2.24, 2.45) is 0 Å². The summed E-state index contributed by atoms with van der Waals surface area (Å²) < 4.78 is 5.65. The quantitative estimate of drug-likeness (QED) is 0.853. The summed E-state index contributed by atoms with van der Waals surface area (Å²) in [6, 6.07) is 8.55. The van der Waals surface area contributed by atoms with E-state index in [0.717, 1.165) is 22.5 Å². The summed E-state index contributed by atoms with van der Waals surface area (Å²) in [6.45, 7) is 7.96. The smallest absolute Gasteiger partial charge is 0.157 e. The Morgan fingerprint density at radius 1 is 1.38 bits per heavy atom. The molecule has 1 heterocycles. The molecule has 0 atom stereocenters. The van der Waals surface area contributed by atoms with Crippen molar-refractivity contribution in [3.8, 4) is 11.5 Å². The molecule has 4 nitrogen and oxygen atoms in total. The molecular formula is C17H17NO3. The second-order valence-electron chi connectivity index (χ2n) is 4.84. The van der Waals surface area contributed by atoms with E-state index in [9.17, 15) is 9.90 Å². The summed E-state index contributed by atoms with van der Waals surface area (Å²) in [4.78, 5) is 15.5. The van der Waals surface area contributed by atoms with Crippen LogP contribution in [0, 0.1) is 6.92 Å². The van der Waals surface area contributed by atoms with Gasteiger partial charge in [-0.3, -0.25) is 9.78 Å². The Hall–Kier alpha value is -2.62. The van der Waals surface area contributed by atoms with Crippen LogP contribution in [0.5, 0.6) is 11.5 Å². The average molecular weight is 283 g/mol. The van der Waals surface area contributed by atoms with Gasteiger partial charge in [0.15, 0.2) is 6.29 Å². The predicted octanol–water partition coefficient (Wildman–Crippen LogP) is 3.52. The van der Waals surface area contributed by atoms with Crippen molar-refractivity contribution >= 4 is 11.9 Å². The minimum absolute atomic E-state index is 0.0929. The fourth-order valence-electron chi connectivity index (χ4n) is 2.00. The van der Waals surface area contributed by atoms with Gasteiger partial charge in [-0.1, -0.05) is 18.7 Å². The van der Waals surface area contributed by atoms with Crippen molar-refractivity contribution in [1.29, 1.82) is 0 Å². The zero-order valence-electron chi connectivity index (χ0n) is 12.1. The molecule has 0 spiro atoms. The van der Waals surface area contributed by atoms with Gasteiger partial charge in [0.05, 0.1) is 11.3 Å². The van der Waals surface area contributed by atoms with Gasteiger partial charge in [-0.25, -0.2) is 0 Å². The van der Waals surface area contributed by atoms with Gasteiger partial charge in [-0.05, 0) is 37.6 Å². The SMILES string of the molecule is C=C(C)c1nc(C)ccc1COc1cccc(O)c1C=O. The first-order valence-corrected chi connectivity index (χ1v) is 6.55. The number of allylic oxidation sites excluding steroid dienone is 1. The predicted molar refractivity (Wildman–Crippen MR) is 81.5 cm³/mol. The number of phenolic OH excluding ortho intramolecular Hbond substituents is 1. The van der Waals surface area contributed by atoms with E-state index in [1.54, 1.807) is 12.1 Å². The molecule has 0 radical (unpaired) electrons. The summed E-state index contributed by atoms with van der Waals surface area (Å²) >= 11 is 0. The van der Waals surface area contributed by atoms with Crippen LogP contribution in [0.2, 0.25) is 0 Å². The molecule has 1 aromatic carbocycles. The number of nitrogens with zero attached hydrogens (tertiary/aromatic N) is 1. The summed E-state index contributed by atoms with van der Waals surface area (Å²) in [5.74, 6) is 0.253. The molecule has 1 N–H and O–H groups in total. The summed E-state index contributed by atoms with van der Waals surface area (Å²) in [6.07, 6.45) is 0.581. The molecule has 2 rings (SSSR count). The number of carbonyl (C=O) groups is 1. The number of pyridine rings is 1. The van der Waals surface area contributed by atoms with Crippen molar-refractivity contribution in [1.82, 2.24) is 4.98 Å². The lowest BCUT2D eigenvalue weighted by Crippen LogP contribution is -2.03. The van der Waals surface area contributed by atoms with E-state index in [4.69, 9.17) is 4.74 Å². The van der Waals surface area contributed by atoms with E-state index in [-0.39, 0.29) is 17.9 Å². The number of hydrogen-bond donors (Lipinski definition) is 1. The molecular weight excluding hydrogens is 266 g/mol. The molecule has 0 bridgehead atoms. The number of phenols is 1. The lowest BCUT2D eigenvalue weighted by atomic mass is 10.1. The van der Waals surface area contributed by atoms with Crippen molar-refractivity contribution in [3.05, 3.63) is 59.4 Å². The van der Waals surface area contributed by atoms with Gasteiger partial charge < -0.3 is 9.84 Å². The van der Waals surface area contributed by atoms with E-state index < -0.39 is 0 Å². The van der Waals surface area contributed by atoms with Gasteiger partial charge >= 0.3 is 0 Å². The monoisotopic (exact) mass is 283 g/mol. The molecule has 1 aromatic heterocycles. The third-order valence-corrected chi connectivity index (χ3v) is 3.07. The molecule has 0 amide bonds. The maximum atomic E-state index is 11.0. The number of benzene rings is 1. The fraction of sp³-hybridized carbons (Fsp3) is 0.176. The van der Waals surface area contributed by atoms with Crippen LogP contribution in [0.4, 0.5) is 0 Å². The third kappa shape index (κ3) is 3.28. The Labute approximate surface area is 123 Å². The molecule has 0 fully saturated rings. The van der Waals surface area contributed by atoms with Crippen LogP contribution in [0.15, 0.2) is 36.9 Å². The van der Waals surface area contributed by atoms with Gasteiger partial charge in [0.1, 0.15) is 18.1 Å². The van der Waals surface area contributed by atoms with Crippen LogP contribution in [0.3, 0.4) is 0 Å². The molecule has 21 heavy (non-hydrogen) atoms. The maximum absolute atomic E-state index is 11.0. The van der Waals surface area contributed by atoms with Gasteiger partial charge in [-0.2, -0.15) is 0 Å². The van der Waals surface area contributed by atoms with Gasteiger partial charge in [-0.15, -0.1) is 0 Å². The zero-order valence-corrected chi connectivity index (χ0v) is 12.1. The molecule has 0 saturated heterocycles. The molecule has 2 aromatic rings. The average Bonchev–Trinajstić information content (AvgIpc) is 2.45. The van der Waals surface area contributed by atoms with E-state index in [1.165, 1.54) is 6.07 Å². The number of aromatic nitrogens is 1. The summed E-state index contributed by atoms with van der Waals surface area (Å²) in [5.41, 5.74) is 3.58. The van der Waals surface area contributed by atoms with Crippen molar-refractivity contribution in [2.75, 3.05) is 0 Å². The van der Waals surface area contributed by atoms with Crippen molar-refractivity contribution in [3.63, 3.8) is 0 Å². The maximum Gasteiger partial charge on any atom is 0.157 e. The second-order valence-corrected chi connectivity index (χ2v) is 4.84. The standard InChI is InChI=1S/C17H17NO3/c1-11(2)17-13(8-7-12(3)18-17)10-21-16-6-4-5-15(20)14(16)9-19/h4-9,20H,1,10H2,2-3H3. The summed E-state index contributed by atoms with van der Waals surface area (Å²) in [5, 5.41) is 9.63. The largest absolute Gasteiger partial charge is 0.507 e. The topological polar surface area (TPSA) is 59.4 Å². The van der Waals surface area contributed by atoms with Gasteiger partial charge in [0, 0.05) is 11.3 Å².